The Morgan fingerprint density at radius 3 is 2.81 bits per heavy atom. The minimum Gasteiger partial charge on any atom is -0.478 e. The molecule has 0 radical (unpaired) electrons. The molecule has 0 aliphatic carbocycles. The van der Waals surface area contributed by atoms with Gasteiger partial charge in [-0.15, -0.1) is 0 Å². The lowest BCUT2D eigenvalue weighted by atomic mass is 9.94. The average molecular weight is 283 g/mol. The first-order valence-electron chi connectivity index (χ1n) is 6.96. The van der Waals surface area contributed by atoms with E-state index < -0.39 is 5.97 Å². The summed E-state index contributed by atoms with van der Waals surface area (Å²) in [5, 5.41) is 9.26. The number of benzene rings is 1. The van der Waals surface area contributed by atoms with Crippen LogP contribution in [0.5, 0.6) is 0 Å². The van der Waals surface area contributed by atoms with E-state index in [4.69, 9.17) is 0 Å². The fourth-order valence-corrected chi connectivity index (χ4v) is 2.86. The topological polar surface area (TPSA) is 66.3 Å². The molecule has 108 valence electrons. The van der Waals surface area contributed by atoms with Gasteiger partial charge in [-0.3, -0.25) is 0 Å². The minimum atomic E-state index is -0.853. The average Bonchev–Trinajstić information content (AvgIpc) is 2.44. The third-order valence-electron chi connectivity index (χ3n) is 3.77. The van der Waals surface area contributed by atoms with Crippen LogP contribution >= 0.6 is 0 Å². The first kappa shape index (κ1) is 13.5. The van der Waals surface area contributed by atoms with Crippen LogP contribution in [-0.2, 0) is 13.0 Å². The molecule has 0 bridgehead atoms. The maximum absolute atomic E-state index is 11.3. The van der Waals surface area contributed by atoms with Crippen molar-refractivity contribution in [2.45, 2.75) is 26.8 Å². The largest absolute Gasteiger partial charge is 0.478 e. The minimum absolute atomic E-state index is 0.419. The van der Waals surface area contributed by atoms with Crippen molar-refractivity contribution in [2.24, 2.45) is 0 Å². The molecule has 1 aromatic heterocycles. The van der Waals surface area contributed by atoms with E-state index in [1.807, 2.05) is 32.0 Å². The molecular weight excluding hydrogens is 266 g/mol. The lowest BCUT2D eigenvalue weighted by Crippen LogP contribution is -2.32. The molecule has 2 heterocycles. The van der Waals surface area contributed by atoms with Crippen molar-refractivity contribution in [3.05, 3.63) is 52.5 Å². The van der Waals surface area contributed by atoms with Crippen LogP contribution in [0.2, 0.25) is 0 Å². The van der Waals surface area contributed by atoms with Gasteiger partial charge in [0.15, 0.2) is 0 Å². The quantitative estimate of drug-likeness (QED) is 0.916. The fraction of sp³-hybridized carbons (Fsp3) is 0.312. The molecule has 1 aliphatic rings. The number of nitrogens with zero attached hydrogens (tertiary/aromatic N) is 3. The summed E-state index contributed by atoms with van der Waals surface area (Å²) in [7, 11) is 0. The van der Waals surface area contributed by atoms with Gasteiger partial charge in [-0.25, -0.2) is 14.8 Å². The zero-order chi connectivity index (χ0) is 15.0. The standard InChI is InChI=1S/C16H17N3O2/c1-10-8-15(18-11(2)17-10)19-7-6-13-12(9-19)4-3-5-14(13)16(20)21/h3-5,8H,6-7,9H2,1-2H3,(H,20,21). The predicted molar refractivity (Wildman–Crippen MR) is 79.7 cm³/mol. The van der Waals surface area contributed by atoms with E-state index in [1.54, 1.807) is 6.07 Å². The third kappa shape index (κ3) is 2.59. The summed E-state index contributed by atoms with van der Waals surface area (Å²) in [5.41, 5.74) is 3.38. The Kier molecular flexibility index (Phi) is 3.33. The summed E-state index contributed by atoms with van der Waals surface area (Å²) >= 11 is 0. The van der Waals surface area contributed by atoms with E-state index in [9.17, 15) is 9.90 Å². The normalized spacial score (nSPS) is 13.9. The zero-order valence-electron chi connectivity index (χ0n) is 12.1. The number of hydrogen-bond acceptors (Lipinski definition) is 4. The van der Waals surface area contributed by atoms with Crippen molar-refractivity contribution in [3.8, 4) is 0 Å². The van der Waals surface area contributed by atoms with Crippen LogP contribution in [0.4, 0.5) is 5.82 Å². The van der Waals surface area contributed by atoms with Gasteiger partial charge in [-0.05, 0) is 37.5 Å². The van der Waals surface area contributed by atoms with E-state index in [-0.39, 0.29) is 0 Å². The van der Waals surface area contributed by atoms with Gasteiger partial charge < -0.3 is 10.0 Å². The number of carboxylic acid groups (broad SMARTS) is 1. The highest BCUT2D eigenvalue weighted by molar-refractivity contribution is 5.90. The molecule has 1 aliphatic heterocycles. The highest BCUT2D eigenvalue weighted by Gasteiger charge is 2.22. The maximum Gasteiger partial charge on any atom is 0.335 e. The predicted octanol–water partition coefficient (Wildman–Crippen LogP) is 2.35. The van der Waals surface area contributed by atoms with Crippen molar-refractivity contribution in [3.63, 3.8) is 0 Å². The van der Waals surface area contributed by atoms with Crippen LogP contribution in [-0.4, -0.2) is 27.6 Å². The van der Waals surface area contributed by atoms with E-state index in [2.05, 4.69) is 14.9 Å². The molecule has 21 heavy (non-hydrogen) atoms. The molecule has 0 atom stereocenters. The molecule has 1 N–H and O–H groups in total. The number of carbonyl (C=O) groups is 1. The van der Waals surface area contributed by atoms with Gasteiger partial charge in [0.05, 0.1) is 5.56 Å². The van der Waals surface area contributed by atoms with Crippen LogP contribution < -0.4 is 4.90 Å². The highest BCUT2D eigenvalue weighted by atomic mass is 16.4. The van der Waals surface area contributed by atoms with Crippen molar-refractivity contribution < 1.29 is 9.90 Å². The van der Waals surface area contributed by atoms with E-state index in [1.165, 1.54) is 0 Å². The van der Waals surface area contributed by atoms with Crippen molar-refractivity contribution in [1.82, 2.24) is 9.97 Å². The van der Waals surface area contributed by atoms with Crippen molar-refractivity contribution in [1.29, 1.82) is 0 Å². The number of rotatable bonds is 2. The van der Waals surface area contributed by atoms with Crippen LogP contribution in [0, 0.1) is 13.8 Å². The molecule has 0 unspecified atom stereocenters. The lowest BCUT2D eigenvalue weighted by molar-refractivity contribution is 0.0695. The Labute approximate surface area is 123 Å². The molecule has 0 fully saturated rings. The zero-order valence-corrected chi connectivity index (χ0v) is 12.1. The summed E-state index contributed by atoms with van der Waals surface area (Å²) in [6, 6.07) is 7.45. The van der Waals surface area contributed by atoms with E-state index >= 15 is 0 Å². The van der Waals surface area contributed by atoms with Gasteiger partial charge in [0.2, 0.25) is 0 Å². The van der Waals surface area contributed by atoms with Crippen LogP contribution in [0.3, 0.4) is 0 Å². The molecule has 2 aromatic rings. The Balaban J connectivity index is 1.94. The maximum atomic E-state index is 11.3. The Morgan fingerprint density at radius 1 is 1.29 bits per heavy atom. The summed E-state index contributed by atoms with van der Waals surface area (Å²) < 4.78 is 0. The fourth-order valence-electron chi connectivity index (χ4n) is 2.86. The molecule has 0 saturated carbocycles. The second-order valence-electron chi connectivity index (χ2n) is 5.33. The number of hydrogen-bond donors (Lipinski definition) is 1. The van der Waals surface area contributed by atoms with Gasteiger partial charge in [0.25, 0.3) is 0 Å². The second-order valence-corrected chi connectivity index (χ2v) is 5.33. The first-order chi connectivity index (χ1) is 10.0. The van der Waals surface area contributed by atoms with Gasteiger partial charge in [-0.2, -0.15) is 0 Å². The number of anilines is 1. The molecular formula is C16H17N3O2. The monoisotopic (exact) mass is 283 g/mol. The van der Waals surface area contributed by atoms with Crippen molar-refractivity contribution in [2.75, 3.05) is 11.4 Å². The van der Waals surface area contributed by atoms with Gasteiger partial charge in [-0.1, -0.05) is 12.1 Å². The molecule has 0 spiro atoms. The smallest absolute Gasteiger partial charge is 0.335 e. The first-order valence-corrected chi connectivity index (χ1v) is 6.96. The van der Waals surface area contributed by atoms with Gasteiger partial charge >= 0.3 is 5.97 Å². The van der Waals surface area contributed by atoms with Crippen LogP contribution in [0.15, 0.2) is 24.3 Å². The summed E-state index contributed by atoms with van der Waals surface area (Å²) in [4.78, 5) is 22.2. The molecule has 1 aromatic carbocycles. The highest BCUT2D eigenvalue weighted by Crippen LogP contribution is 2.26. The molecule has 0 saturated heterocycles. The molecule has 0 amide bonds. The van der Waals surface area contributed by atoms with Crippen LogP contribution in [0.25, 0.3) is 0 Å². The van der Waals surface area contributed by atoms with Crippen LogP contribution in [0.1, 0.15) is 33.0 Å². The van der Waals surface area contributed by atoms with Crippen molar-refractivity contribution >= 4 is 11.8 Å². The summed E-state index contributed by atoms with van der Waals surface area (Å²) in [6.07, 6.45) is 0.722. The lowest BCUT2D eigenvalue weighted by Gasteiger charge is -2.30. The van der Waals surface area contributed by atoms with Gasteiger partial charge in [0.1, 0.15) is 11.6 Å². The van der Waals surface area contributed by atoms with E-state index in [0.717, 1.165) is 41.4 Å². The second kappa shape index (κ2) is 5.16. The Hall–Kier alpha value is -2.43. The molecule has 5 nitrogen and oxygen atoms in total. The third-order valence-corrected chi connectivity index (χ3v) is 3.77. The van der Waals surface area contributed by atoms with Gasteiger partial charge in [0, 0.05) is 24.8 Å². The number of carboxylic acids is 1. The summed E-state index contributed by atoms with van der Waals surface area (Å²) in [5.74, 6) is 0.815. The summed E-state index contributed by atoms with van der Waals surface area (Å²) in [6.45, 7) is 5.30. The Bertz CT molecular complexity index is 692. The molecule has 3 rings (SSSR count). The SMILES string of the molecule is Cc1cc(N2CCc3c(cccc3C(=O)O)C2)nc(C)n1. The Morgan fingerprint density at radius 2 is 2.10 bits per heavy atom. The number of aromatic nitrogens is 2. The molecule has 5 heteroatoms. The number of aromatic carboxylic acids is 1. The number of fused-ring (bicyclic) bond motifs is 1. The van der Waals surface area contributed by atoms with E-state index in [0.29, 0.717) is 12.1 Å². The number of aryl methyl sites for hydroxylation is 2.